The van der Waals surface area contributed by atoms with Crippen LogP contribution >= 0.6 is 0 Å². The van der Waals surface area contributed by atoms with Crippen molar-refractivity contribution in [2.75, 3.05) is 13.1 Å². The zero-order valence-electron chi connectivity index (χ0n) is 16.6. The van der Waals surface area contributed by atoms with Crippen LogP contribution in [0.4, 0.5) is 0 Å². The highest BCUT2D eigenvalue weighted by Gasteiger charge is 2.28. The maximum atomic E-state index is 12.8. The van der Waals surface area contributed by atoms with E-state index in [0.717, 1.165) is 42.0 Å². The molecule has 0 unspecified atom stereocenters. The van der Waals surface area contributed by atoms with E-state index in [1.54, 1.807) is 10.5 Å². The Bertz CT molecular complexity index is 1040. The van der Waals surface area contributed by atoms with Crippen molar-refractivity contribution < 1.29 is 8.42 Å². The molecule has 1 aliphatic rings. The van der Waals surface area contributed by atoms with Crippen LogP contribution in [0.25, 0.3) is 11.4 Å². The van der Waals surface area contributed by atoms with Gasteiger partial charge in [-0.1, -0.05) is 30.3 Å². The Morgan fingerprint density at radius 2 is 1.79 bits per heavy atom. The molecule has 0 spiro atoms. The lowest BCUT2D eigenvalue weighted by atomic mass is 9.98. The van der Waals surface area contributed by atoms with Gasteiger partial charge < -0.3 is 4.57 Å². The zero-order valence-corrected chi connectivity index (χ0v) is 17.4. The first kappa shape index (κ1) is 19.8. The summed E-state index contributed by atoms with van der Waals surface area (Å²) >= 11 is 0. The number of hydrogen-bond donors (Lipinski definition) is 0. The zero-order chi connectivity index (χ0) is 20.3. The fourth-order valence-electron chi connectivity index (χ4n) is 3.92. The fraction of sp³-hybridized carbons (Fsp3) is 0.364. The molecule has 1 aromatic carbocycles. The molecule has 7 heteroatoms. The van der Waals surface area contributed by atoms with Gasteiger partial charge in [0.15, 0.2) is 0 Å². The summed E-state index contributed by atoms with van der Waals surface area (Å²) in [6.45, 7) is 4.07. The molecule has 0 N–H and O–H groups in total. The molecule has 1 fully saturated rings. The van der Waals surface area contributed by atoms with E-state index in [1.165, 1.54) is 0 Å². The Hall–Kier alpha value is -2.51. The quantitative estimate of drug-likeness (QED) is 0.624. The van der Waals surface area contributed by atoms with Crippen LogP contribution in [-0.2, 0) is 22.3 Å². The second-order valence-corrected chi connectivity index (χ2v) is 9.63. The first-order chi connectivity index (χ1) is 14.0. The smallest absolute Gasteiger partial charge is 0.218 e. The molecule has 1 saturated heterocycles. The van der Waals surface area contributed by atoms with Crippen LogP contribution in [0.5, 0.6) is 0 Å². The minimum absolute atomic E-state index is 0.0737. The van der Waals surface area contributed by atoms with Crippen LogP contribution in [0, 0.1) is 12.8 Å². The molecule has 152 valence electrons. The number of rotatable bonds is 6. The van der Waals surface area contributed by atoms with Gasteiger partial charge in [0, 0.05) is 49.5 Å². The fourth-order valence-corrected chi connectivity index (χ4v) is 5.48. The van der Waals surface area contributed by atoms with Crippen molar-refractivity contribution in [2.45, 2.75) is 32.1 Å². The summed E-state index contributed by atoms with van der Waals surface area (Å²) in [5.41, 5.74) is 2.95. The van der Waals surface area contributed by atoms with E-state index in [2.05, 4.69) is 21.5 Å². The second kappa shape index (κ2) is 8.47. The number of aromatic nitrogens is 3. The van der Waals surface area contributed by atoms with Crippen molar-refractivity contribution in [3.63, 3.8) is 0 Å². The van der Waals surface area contributed by atoms with E-state index >= 15 is 0 Å². The first-order valence-electron chi connectivity index (χ1n) is 9.97. The SMILES string of the molecule is Cc1cnc(-c2cccnc2)n1CC1CCN(S(=O)(=O)Cc2ccccc2)CC1. The summed E-state index contributed by atoms with van der Waals surface area (Å²) in [5, 5.41) is 0. The van der Waals surface area contributed by atoms with Gasteiger partial charge in [-0.05, 0) is 43.4 Å². The molecule has 3 aromatic rings. The summed E-state index contributed by atoms with van der Waals surface area (Å²) in [6, 6.07) is 13.3. The highest BCUT2D eigenvalue weighted by atomic mass is 32.2. The van der Waals surface area contributed by atoms with E-state index in [1.807, 2.05) is 54.9 Å². The molecule has 6 nitrogen and oxygen atoms in total. The van der Waals surface area contributed by atoms with Crippen molar-refractivity contribution in [2.24, 2.45) is 5.92 Å². The Kier molecular flexibility index (Phi) is 5.78. The standard InChI is InChI=1S/C22H26N4O2S/c1-18-14-24-22(21-8-5-11-23-15-21)26(18)16-19-9-12-25(13-10-19)29(27,28)17-20-6-3-2-4-7-20/h2-8,11,14-15,19H,9-10,12-13,16-17H2,1H3. The number of imidazole rings is 1. The summed E-state index contributed by atoms with van der Waals surface area (Å²) in [7, 11) is -3.28. The third-order valence-electron chi connectivity index (χ3n) is 5.57. The summed E-state index contributed by atoms with van der Waals surface area (Å²) in [6.07, 6.45) is 7.20. The Morgan fingerprint density at radius 3 is 2.48 bits per heavy atom. The van der Waals surface area contributed by atoms with Crippen LogP contribution in [0.15, 0.2) is 61.1 Å². The third-order valence-corrected chi connectivity index (χ3v) is 7.42. The number of benzene rings is 1. The van der Waals surface area contributed by atoms with Crippen molar-refractivity contribution in [1.82, 2.24) is 18.8 Å². The number of aryl methyl sites for hydroxylation is 1. The van der Waals surface area contributed by atoms with Gasteiger partial charge in [0.1, 0.15) is 5.82 Å². The van der Waals surface area contributed by atoms with Crippen molar-refractivity contribution in [3.8, 4) is 11.4 Å². The predicted molar refractivity (Wildman–Crippen MR) is 114 cm³/mol. The highest BCUT2D eigenvalue weighted by molar-refractivity contribution is 7.88. The van der Waals surface area contributed by atoms with Crippen LogP contribution in [-0.4, -0.2) is 40.3 Å². The average molecular weight is 411 g/mol. The molecule has 0 amide bonds. The van der Waals surface area contributed by atoms with Gasteiger partial charge in [0.25, 0.3) is 0 Å². The Balaban J connectivity index is 1.40. The van der Waals surface area contributed by atoms with Gasteiger partial charge in [-0.15, -0.1) is 0 Å². The Labute approximate surface area is 172 Å². The third kappa shape index (κ3) is 4.57. The van der Waals surface area contributed by atoms with E-state index in [-0.39, 0.29) is 5.75 Å². The average Bonchev–Trinajstić information content (AvgIpc) is 3.10. The van der Waals surface area contributed by atoms with Gasteiger partial charge in [0.2, 0.25) is 10.0 Å². The summed E-state index contributed by atoms with van der Waals surface area (Å²) < 4.78 is 29.4. The van der Waals surface area contributed by atoms with E-state index < -0.39 is 10.0 Å². The Morgan fingerprint density at radius 1 is 1.03 bits per heavy atom. The van der Waals surface area contributed by atoms with Crippen LogP contribution in [0.3, 0.4) is 0 Å². The van der Waals surface area contributed by atoms with Crippen molar-refractivity contribution in [3.05, 3.63) is 72.3 Å². The van der Waals surface area contributed by atoms with Crippen LogP contribution in [0.2, 0.25) is 0 Å². The minimum atomic E-state index is -3.28. The monoisotopic (exact) mass is 410 g/mol. The van der Waals surface area contributed by atoms with E-state index in [0.29, 0.717) is 19.0 Å². The van der Waals surface area contributed by atoms with Gasteiger partial charge in [-0.3, -0.25) is 4.98 Å². The molecule has 0 aliphatic carbocycles. The van der Waals surface area contributed by atoms with E-state index in [9.17, 15) is 8.42 Å². The number of nitrogens with zero attached hydrogens (tertiary/aromatic N) is 4. The lowest BCUT2D eigenvalue weighted by Crippen LogP contribution is -2.40. The lowest BCUT2D eigenvalue weighted by molar-refractivity contribution is 0.252. The van der Waals surface area contributed by atoms with Crippen LogP contribution in [0.1, 0.15) is 24.1 Å². The molecule has 4 rings (SSSR count). The van der Waals surface area contributed by atoms with Gasteiger partial charge in [-0.2, -0.15) is 0 Å². The molecule has 1 aliphatic heterocycles. The molecule has 0 bridgehead atoms. The topological polar surface area (TPSA) is 68.1 Å². The molecule has 0 saturated carbocycles. The molecular formula is C22H26N4O2S. The van der Waals surface area contributed by atoms with Crippen molar-refractivity contribution >= 4 is 10.0 Å². The number of sulfonamides is 1. The van der Waals surface area contributed by atoms with Gasteiger partial charge >= 0.3 is 0 Å². The number of pyridine rings is 1. The van der Waals surface area contributed by atoms with Gasteiger partial charge in [0.05, 0.1) is 5.75 Å². The van der Waals surface area contributed by atoms with Crippen molar-refractivity contribution in [1.29, 1.82) is 0 Å². The van der Waals surface area contributed by atoms with Gasteiger partial charge in [-0.25, -0.2) is 17.7 Å². The maximum absolute atomic E-state index is 12.8. The van der Waals surface area contributed by atoms with Crippen LogP contribution < -0.4 is 0 Å². The summed E-state index contributed by atoms with van der Waals surface area (Å²) in [5.74, 6) is 1.43. The molecular weight excluding hydrogens is 384 g/mol. The first-order valence-corrected chi connectivity index (χ1v) is 11.6. The largest absolute Gasteiger partial charge is 0.328 e. The number of piperidine rings is 1. The molecule has 3 heterocycles. The molecule has 2 aromatic heterocycles. The minimum Gasteiger partial charge on any atom is -0.328 e. The second-order valence-electron chi connectivity index (χ2n) is 7.66. The normalized spacial score (nSPS) is 16.2. The number of hydrogen-bond acceptors (Lipinski definition) is 4. The molecule has 29 heavy (non-hydrogen) atoms. The lowest BCUT2D eigenvalue weighted by Gasteiger charge is -2.32. The van der Waals surface area contributed by atoms with E-state index in [4.69, 9.17) is 0 Å². The highest BCUT2D eigenvalue weighted by Crippen LogP contribution is 2.26. The summed E-state index contributed by atoms with van der Waals surface area (Å²) in [4.78, 5) is 8.77. The predicted octanol–water partition coefficient (Wildman–Crippen LogP) is 3.50. The molecule has 0 radical (unpaired) electrons. The maximum Gasteiger partial charge on any atom is 0.218 e. The molecule has 0 atom stereocenters.